The van der Waals surface area contributed by atoms with Crippen LogP contribution in [0.5, 0.6) is 0 Å². The predicted octanol–water partition coefficient (Wildman–Crippen LogP) is 3.90. The molecule has 1 amide bonds. The second-order valence-electron chi connectivity index (χ2n) is 6.81. The Morgan fingerprint density at radius 1 is 1.40 bits per heavy atom. The van der Waals surface area contributed by atoms with Gasteiger partial charge in [0, 0.05) is 29.8 Å². The van der Waals surface area contributed by atoms with Crippen molar-refractivity contribution in [3.63, 3.8) is 0 Å². The summed E-state index contributed by atoms with van der Waals surface area (Å²) >= 11 is 6.08. The monoisotopic (exact) mass is 294 g/mol. The van der Waals surface area contributed by atoms with Crippen molar-refractivity contribution >= 4 is 17.5 Å². The molecule has 1 unspecified atom stereocenters. The average Bonchev–Trinajstić information content (AvgIpc) is 3.18. The quantitative estimate of drug-likeness (QED) is 0.792. The van der Waals surface area contributed by atoms with Gasteiger partial charge in [-0.3, -0.25) is 4.79 Å². The molecule has 0 bridgehead atoms. The molecule has 1 atom stereocenters. The molecule has 0 spiro atoms. The predicted molar refractivity (Wildman–Crippen MR) is 82.2 cm³/mol. The van der Waals surface area contributed by atoms with Gasteiger partial charge < -0.3 is 4.90 Å². The van der Waals surface area contributed by atoms with Gasteiger partial charge in [0.25, 0.3) is 5.91 Å². The van der Waals surface area contributed by atoms with Gasteiger partial charge in [-0.1, -0.05) is 32.4 Å². The van der Waals surface area contributed by atoms with Crippen LogP contribution in [0.4, 0.5) is 0 Å². The topological polar surface area (TPSA) is 33.2 Å². The number of rotatable bonds is 3. The minimum absolute atomic E-state index is 0.0270. The third kappa shape index (κ3) is 3.32. The van der Waals surface area contributed by atoms with Crippen LogP contribution >= 0.6 is 11.6 Å². The number of halogens is 1. The molecule has 1 saturated carbocycles. The molecule has 1 aromatic heterocycles. The SMILES string of the molecule is CC(C1CC1)N(C)C(=O)c1cc(Cl)nc(C(C)(C)C)c1. The van der Waals surface area contributed by atoms with Gasteiger partial charge in [0.2, 0.25) is 0 Å². The molecule has 1 aliphatic carbocycles. The third-order valence-corrected chi connectivity index (χ3v) is 4.24. The fourth-order valence-electron chi connectivity index (χ4n) is 2.29. The van der Waals surface area contributed by atoms with E-state index in [9.17, 15) is 4.79 Å². The highest BCUT2D eigenvalue weighted by Gasteiger charge is 2.33. The number of hydrogen-bond donors (Lipinski definition) is 0. The van der Waals surface area contributed by atoms with E-state index in [-0.39, 0.29) is 17.4 Å². The Balaban J connectivity index is 2.27. The summed E-state index contributed by atoms with van der Waals surface area (Å²) in [6, 6.07) is 3.81. The zero-order valence-corrected chi connectivity index (χ0v) is 13.7. The Kier molecular flexibility index (Phi) is 4.10. The lowest BCUT2D eigenvalue weighted by Gasteiger charge is -2.26. The lowest BCUT2D eigenvalue weighted by atomic mass is 9.90. The highest BCUT2D eigenvalue weighted by molar-refractivity contribution is 6.29. The zero-order valence-electron chi connectivity index (χ0n) is 12.9. The highest BCUT2D eigenvalue weighted by Crippen LogP contribution is 2.35. The molecular formula is C16H23ClN2O. The summed E-state index contributed by atoms with van der Waals surface area (Å²) in [5.41, 5.74) is 1.35. The van der Waals surface area contributed by atoms with E-state index in [0.29, 0.717) is 16.6 Å². The molecule has 1 fully saturated rings. The largest absolute Gasteiger partial charge is 0.339 e. The summed E-state index contributed by atoms with van der Waals surface area (Å²) in [7, 11) is 1.87. The molecular weight excluding hydrogens is 272 g/mol. The smallest absolute Gasteiger partial charge is 0.254 e. The van der Waals surface area contributed by atoms with Gasteiger partial charge in [-0.05, 0) is 37.8 Å². The molecule has 110 valence electrons. The van der Waals surface area contributed by atoms with E-state index in [1.165, 1.54) is 12.8 Å². The maximum absolute atomic E-state index is 12.6. The van der Waals surface area contributed by atoms with Crippen molar-refractivity contribution in [1.29, 1.82) is 0 Å². The number of amides is 1. The molecule has 0 saturated heterocycles. The average molecular weight is 295 g/mol. The first-order chi connectivity index (χ1) is 9.20. The Morgan fingerprint density at radius 2 is 2.00 bits per heavy atom. The first-order valence-electron chi connectivity index (χ1n) is 7.15. The van der Waals surface area contributed by atoms with Crippen LogP contribution in [0.3, 0.4) is 0 Å². The van der Waals surface area contributed by atoms with Crippen LogP contribution in [0.15, 0.2) is 12.1 Å². The second kappa shape index (κ2) is 5.36. The van der Waals surface area contributed by atoms with Crippen molar-refractivity contribution < 1.29 is 4.79 Å². The van der Waals surface area contributed by atoms with Gasteiger partial charge in [-0.15, -0.1) is 0 Å². The number of pyridine rings is 1. The van der Waals surface area contributed by atoms with Gasteiger partial charge in [0.1, 0.15) is 5.15 Å². The summed E-state index contributed by atoms with van der Waals surface area (Å²) in [6.45, 7) is 8.31. The molecule has 20 heavy (non-hydrogen) atoms. The van der Waals surface area contributed by atoms with Gasteiger partial charge >= 0.3 is 0 Å². The first-order valence-corrected chi connectivity index (χ1v) is 7.53. The lowest BCUT2D eigenvalue weighted by Crippen LogP contribution is -2.36. The van der Waals surface area contributed by atoms with Crippen LogP contribution in [-0.2, 0) is 5.41 Å². The van der Waals surface area contributed by atoms with Gasteiger partial charge in [0.05, 0.1) is 0 Å². The fourth-order valence-corrected chi connectivity index (χ4v) is 2.50. The molecule has 0 N–H and O–H groups in total. The second-order valence-corrected chi connectivity index (χ2v) is 7.20. The summed E-state index contributed by atoms with van der Waals surface area (Å²) in [6.07, 6.45) is 2.45. The van der Waals surface area contributed by atoms with Crippen molar-refractivity contribution in [3.05, 3.63) is 28.5 Å². The Labute approximate surface area is 126 Å². The first kappa shape index (κ1) is 15.3. The lowest BCUT2D eigenvalue weighted by molar-refractivity contribution is 0.0727. The van der Waals surface area contributed by atoms with E-state index in [1.807, 2.05) is 18.0 Å². The summed E-state index contributed by atoms with van der Waals surface area (Å²) in [5.74, 6) is 0.683. The molecule has 2 rings (SSSR count). The minimum atomic E-state index is -0.124. The van der Waals surface area contributed by atoms with Crippen LogP contribution in [0.2, 0.25) is 5.15 Å². The van der Waals surface area contributed by atoms with Gasteiger partial charge in [-0.2, -0.15) is 0 Å². The van der Waals surface area contributed by atoms with Crippen molar-refractivity contribution in [1.82, 2.24) is 9.88 Å². The van der Waals surface area contributed by atoms with E-state index in [4.69, 9.17) is 11.6 Å². The molecule has 1 heterocycles. The van der Waals surface area contributed by atoms with E-state index >= 15 is 0 Å². The number of nitrogens with zero attached hydrogens (tertiary/aromatic N) is 2. The molecule has 1 aromatic rings. The van der Waals surface area contributed by atoms with Crippen LogP contribution in [0.1, 0.15) is 56.6 Å². The van der Waals surface area contributed by atoms with Crippen LogP contribution < -0.4 is 0 Å². The molecule has 0 aliphatic heterocycles. The number of carbonyl (C=O) groups is 1. The molecule has 1 aliphatic rings. The van der Waals surface area contributed by atoms with E-state index < -0.39 is 0 Å². The van der Waals surface area contributed by atoms with Gasteiger partial charge in [0.15, 0.2) is 0 Å². The number of carbonyl (C=O) groups excluding carboxylic acids is 1. The van der Waals surface area contributed by atoms with Crippen LogP contribution in [0, 0.1) is 5.92 Å². The molecule has 3 nitrogen and oxygen atoms in total. The van der Waals surface area contributed by atoms with Crippen molar-refractivity contribution in [2.45, 2.75) is 52.0 Å². The molecule has 0 radical (unpaired) electrons. The van der Waals surface area contributed by atoms with E-state index in [2.05, 4.69) is 32.7 Å². The summed E-state index contributed by atoms with van der Waals surface area (Å²) in [4.78, 5) is 18.8. The third-order valence-electron chi connectivity index (χ3n) is 4.04. The maximum Gasteiger partial charge on any atom is 0.254 e. The number of hydrogen-bond acceptors (Lipinski definition) is 2. The maximum atomic E-state index is 12.6. The minimum Gasteiger partial charge on any atom is -0.339 e. The summed E-state index contributed by atoms with van der Waals surface area (Å²) in [5, 5.41) is 0.383. The van der Waals surface area contributed by atoms with Crippen LogP contribution in [0.25, 0.3) is 0 Å². The normalized spacial score (nSPS) is 16.9. The Bertz CT molecular complexity index is 518. The zero-order chi connectivity index (χ0) is 15.1. The molecule has 4 heteroatoms. The fraction of sp³-hybridized carbons (Fsp3) is 0.625. The van der Waals surface area contributed by atoms with E-state index in [1.54, 1.807) is 6.07 Å². The van der Waals surface area contributed by atoms with Crippen molar-refractivity contribution in [3.8, 4) is 0 Å². The standard InChI is InChI=1S/C16H23ClN2O/c1-10(11-6-7-11)19(5)15(20)12-8-13(16(2,3)4)18-14(17)9-12/h8-11H,6-7H2,1-5H3. The Hall–Kier alpha value is -1.09. The molecule has 0 aromatic carbocycles. The number of aromatic nitrogens is 1. The summed E-state index contributed by atoms with van der Waals surface area (Å²) < 4.78 is 0. The Morgan fingerprint density at radius 3 is 2.50 bits per heavy atom. The highest BCUT2D eigenvalue weighted by atomic mass is 35.5. The van der Waals surface area contributed by atoms with Crippen LogP contribution in [-0.4, -0.2) is 28.9 Å². The van der Waals surface area contributed by atoms with E-state index in [0.717, 1.165) is 5.69 Å². The van der Waals surface area contributed by atoms with Crippen molar-refractivity contribution in [2.75, 3.05) is 7.05 Å². The van der Waals surface area contributed by atoms with Gasteiger partial charge in [-0.25, -0.2) is 4.98 Å². The van der Waals surface area contributed by atoms with Crippen molar-refractivity contribution in [2.24, 2.45) is 5.92 Å².